The molecule has 0 aromatic carbocycles. The van der Waals surface area contributed by atoms with Crippen LogP contribution in [0.25, 0.3) is 0 Å². The fourth-order valence-corrected chi connectivity index (χ4v) is 2.02. The first-order valence-corrected chi connectivity index (χ1v) is 6.99. The molecule has 1 fully saturated rings. The Morgan fingerprint density at radius 1 is 1.58 bits per heavy atom. The van der Waals surface area contributed by atoms with Gasteiger partial charge in [0.25, 0.3) is 0 Å². The molecular formula is C14H28IN3O. The van der Waals surface area contributed by atoms with Crippen molar-refractivity contribution in [2.45, 2.75) is 38.7 Å². The molecule has 1 N–H and O–H groups in total. The zero-order valence-corrected chi connectivity index (χ0v) is 14.6. The first-order chi connectivity index (χ1) is 8.77. The highest BCUT2D eigenvalue weighted by atomic mass is 127. The third-order valence-electron chi connectivity index (χ3n) is 3.07. The molecule has 1 aliphatic heterocycles. The zero-order chi connectivity index (χ0) is 13.2. The van der Waals surface area contributed by atoms with Crippen molar-refractivity contribution in [3.63, 3.8) is 0 Å². The molecule has 0 saturated carbocycles. The van der Waals surface area contributed by atoms with Crippen LogP contribution in [-0.4, -0.2) is 50.3 Å². The van der Waals surface area contributed by atoms with E-state index in [1.165, 1.54) is 6.42 Å². The first kappa shape index (κ1) is 18.7. The first-order valence-electron chi connectivity index (χ1n) is 6.99. The molecule has 0 amide bonds. The van der Waals surface area contributed by atoms with Gasteiger partial charge < -0.3 is 15.0 Å². The van der Waals surface area contributed by atoms with Gasteiger partial charge in [-0.05, 0) is 32.6 Å². The summed E-state index contributed by atoms with van der Waals surface area (Å²) in [6.07, 6.45) is 6.76. The summed E-state index contributed by atoms with van der Waals surface area (Å²) in [5.74, 6) is 0.983. The van der Waals surface area contributed by atoms with E-state index >= 15 is 0 Å². The Balaban J connectivity index is 0.00000324. The Kier molecular flexibility index (Phi) is 11.3. The smallest absolute Gasteiger partial charge is 0.193 e. The SMILES string of the molecule is C=CCCCN(C)C(=NCC1CCCO1)NCC.I. The maximum atomic E-state index is 5.59. The van der Waals surface area contributed by atoms with Crippen molar-refractivity contribution in [1.82, 2.24) is 10.2 Å². The minimum Gasteiger partial charge on any atom is -0.376 e. The van der Waals surface area contributed by atoms with Gasteiger partial charge in [-0.25, -0.2) is 0 Å². The van der Waals surface area contributed by atoms with Crippen LogP contribution < -0.4 is 5.32 Å². The molecular weight excluding hydrogens is 353 g/mol. The summed E-state index contributed by atoms with van der Waals surface area (Å²) in [7, 11) is 2.08. The van der Waals surface area contributed by atoms with Crippen molar-refractivity contribution < 1.29 is 4.74 Å². The molecule has 112 valence electrons. The van der Waals surface area contributed by atoms with Gasteiger partial charge in [0.2, 0.25) is 0 Å². The number of hydrogen-bond donors (Lipinski definition) is 1. The summed E-state index contributed by atoms with van der Waals surface area (Å²) in [6.45, 7) is 9.41. The van der Waals surface area contributed by atoms with Gasteiger partial charge in [0.15, 0.2) is 5.96 Å². The van der Waals surface area contributed by atoms with Gasteiger partial charge in [0, 0.05) is 26.7 Å². The lowest BCUT2D eigenvalue weighted by molar-refractivity contribution is 0.117. The standard InChI is InChI=1S/C14H27N3O.HI/c1-4-6-7-10-17(3)14(15-5-2)16-12-13-9-8-11-18-13;/h4,13H,1,5-12H2,2-3H3,(H,15,16);1H. The van der Waals surface area contributed by atoms with E-state index in [9.17, 15) is 0 Å². The number of halogens is 1. The summed E-state index contributed by atoms with van der Waals surface area (Å²) < 4.78 is 5.59. The van der Waals surface area contributed by atoms with E-state index in [1.54, 1.807) is 0 Å². The molecule has 4 nitrogen and oxygen atoms in total. The number of guanidine groups is 1. The van der Waals surface area contributed by atoms with Crippen molar-refractivity contribution in [1.29, 1.82) is 0 Å². The molecule has 19 heavy (non-hydrogen) atoms. The maximum absolute atomic E-state index is 5.59. The molecule has 0 bridgehead atoms. The van der Waals surface area contributed by atoms with Crippen molar-refractivity contribution in [2.24, 2.45) is 4.99 Å². The van der Waals surface area contributed by atoms with Gasteiger partial charge in [-0.3, -0.25) is 4.99 Å². The summed E-state index contributed by atoms with van der Waals surface area (Å²) >= 11 is 0. The molecule has 0 aliphatic carbocycles. The molecule has 1 heterocycles. The van der Waals surface area contributed by atoms with Gasteiger partial charge in [-0.2, -0.15) is 0 Å². The van der Waals surface area contributed by atoms with Crippen molar-refractivity contribution >= 4 is 29.9 Å². The predicted molar refractivity (Wildman–Crippen MR) is 92.4 cm³/mol. The molecule has 0 spiro atoms. The Morgan fingerprint density at radius 2 is 2.37 bits per heavy atom. The van der Waals surface area contributed by atoms with Gasteiger partial charge in [-0.1, -0.05) is 6.08 Å². The van der Waals surface area contributed by atoms with E-state index in [-0.39, 0.29) is 24.0 Å². The largest absolute Gasteiger partial charge is 0.376 e. The third-order valence-corrected chi connectivity index (χ3v) is 3.07. The van der Waals surface area contributed by atoms with E-state index in [0.29, 0.717) is 6.10 Å². The molecule has 0 aromatic heterocycles. The molecule has 0 aromatic rings. The molecule has 5 heteroatoms. The summed E-state index contributed by atoms with van der Waals surface area (Å²) in [5.41, 5.74) is 0. The number of hydrogen-bond acceptors (Lipinski definition) is 2. The number of allylic oxidation sites excluding steroid dienone is 1. The highest BCUT2D eigenvalue weighted by Crippen LogP contribution is 2.12. The van der Waals surface area contributed by atoms with E-state index < -0.39 is 0 Å². The van der Waals surface area contributed by atoms with Gasteiger partial charge in [0.05, 0.1) is 12.6 Å². The van der Waals surface area contributed by atoms with Crippen LogP contribution in [0.2, 0.25) is 0 Å². The average Bonchev–Trinajstić information content (AvgIpc) is 2.87. The predicted octanol–water partition coefficient (Wildman–Crippen LogP) is 2.65. The Bertz CT molecular complexity index is 265. The second kappa shape index (κ2) is 11.5. The Morgan fingerprint density at radius 3 is 2.95 bits per heavy atom. The number of aliphatic imine (C=N–C) groups is 1. The van der Waals surface area contributed by atoms with Crippen LogP contribution in [0.3, 0.4) is 0 Å². The Hall–Kier alpha value is -0.300. The lowest BCUT2D eigenvalue weighted by Crippen LogP contribution is -2.40. The van der Waals surface area contributed by atoms with Gasteiger partial charge >= 0.3 is 0 Å². The van der Waals surface area contributed by atoms with Gasteiger partial charge in [-0.15, -0.1) is 30.6 Å². The number of unbranched alkanes of at least 4 members (excludes halogenated alkanes) is 1. The fourth-order valence-electron chi connectivity index (χ4n) is 2.02. The third kappa shape index (κ3) is 7.77. The van der Waals surface area contributed by atoms with Crippen LogP contribution >= 0.6 is 24.0 Å². The molecule has 1 rings (SSSR count). The molecule has 1 saturated heterocycles. The minimum atomic E-state index is 0. The van der Waals surface area contributed by atoms with E-state index in [2.05, 4.69) is 35.8 Å². The molecule has 0 radical (unpaired) electrons. The number of rotatable bonds is 7. The quantitative estimate of drug-likeness (QED) is 0.242. The lowest BCUT2D eigenvalue weighted by Gasteiger charge is -2.22. The highest BCUT2D eigenvalue weighted by Gasteiger charge is 2.15. The number of nitrogens with zero attached hydrogens (tertiary/aromatic N) is 2. The molecule has 1 unspecified atom stereocenters. The van der Waals surface area contributed by atoms with Crippen molar-refractivity contribution in [2.75, 3.05) is 33.3 Å². The highest BCUT2D eigenvalue weighted by molar-refractivity contribution is 14.0. The second-order valence-electron chi connectivity index (χ2n) is 4.68. The van der Waals surface area contributed by atoms with Crippen molar-refractivity contribution in [3.8, 4) is 0 Å². The van der Waals surface area contributed by atoms with E-state index in [1.807, 2.05) is 6.08 Å². The van der Waals surface area contributed by atoms with Crippen LogP contribution in [0, 0.1) is 0 Å². The zero-order valence-electron chi connectivity index (χ0n) is 12.2. The van der Waals surface area contributed by atoms with E-state index in [0.717, 1.165) is 51.5 Å². The maximum Gasteiger partial charge on any atom is 0.193 e. The fraction of sp³-hybridized carbons (Fsp3) is 0.786. The average molecular weight is 381 g/mol. The Labute approximate surface area is 134 Å². The van der Waals surface area contributed by atoms with E-state index in [4.69, 9.17) is 4.74 Å². The second-order valence-corrected chi connectivity index (χ2v) is 4.68. The summed E-state index contributed by atoms with van der Waals surface area (Å²) in [4.78, 5) is 6.84. The van der Waals surface area contributed by atoms with Crippen LogP contribution in [0.1, 0.15) is 32.6 Å². The lowest BCUT2D eigenvalue weighted by atomic mass is 10.2. The normalized spacial score (nSPS) is 18.8. The summed E-state index contributed by atoms with van der Waals surface area (Å²) in [6, 6.07) is 0. The van der Waals surface area contributed by atoms with Gasteiger partial charge in [0.1, 0.15) is 0 Å². The minimum absolute atomic E-state index is 0. The molecule has 1 atom stereocenters. The number of nitrogens with one attached hydrogen (secondary N) is 1. The van der Waals surface area contributed by atoms with Crippen LogP contribution in [0.5, 0.6) is 0 Å². The molecule has 1 aliphatic rings. The van der Waals surface area contributed by atoms with Crippen LogP contribution in [0.15, 0.2) is 17.6 Å². The summed E-state index contributed by atoms with van der Waals surface area (Å²) in [5, 5.41) is 3.33. The monoisotopic (exact) mass is 381 g/mol. The van der Waals surface area contributed by atoms with Crippen molar-refractivity contribution in [3.05, 3.63) is 12.7 Å². The van der Waals surface area contributed by atoms with Crippen LogP contribution in [0.4, 0.5) is 0 Å². The van der Waals surface area contributed by atoms with Crippen LogP contribution in [-0.2, 0) is 4.74 Å². The number of ether oxygens (including phenoxy) is 1. The topological polar surface area (TPSA) is 36.9 Å².